The first-order chi connectivity index (χ1) is 15.6. The number of methoxy groups -OCH3 is 1. The Morgan fingerprint density at radius 3 is 2.66 bits per heavy atom. The molecule has 1 heterocycles. The normalized spacial score (nSPS) is 11.1. The highest BCUT2D eigenvalue weighted by molar-refractivity contribution is 9.10. The number of aromatic amines is 1. The number of halogens is 2. The maximum atomic E-state index is 13.9. The van der Waals surface area contributed by atoms with E-state index in [1.54, 1.807) is 42.3 Å². The Bertz CT molecular complexity index is 1320. The van der Waals surface area contributed by atoms with Gasteiger partial charge in [0.05, 0.1) is 17.8 Å². The lowest BCUT2D eigenvalue weighted by Crippen LogP contribution is -2.01. The minimum Gasteiger partial charge on any atom is -0.493 e. The molecular weight excluding hydrogens is 495 g/mol. The topological polar surface area (TPSA) is 64.4 Å². The van der Waals surface area contributed by atoms with Gasteiger partial charge in [-0.25, -0.2) is 9.49 Å². The highest BCUT2D eigenvalue weighted by Gasteiger charge is 2.13. The zero-order chi connectivity index (χ0) is 22.5. The second kappa shape index (κ2) is 9.88. The Morgan fingerprint density at radius 2 is 1.91 bits per heavy atom. The third-order valence-electron chi connectivity index (χ3n) is 4.59. The molecule has 6 nitrogen and oxygen atoms in total. The van der Waals surface area contributed by atoms with Crippen LogP contribution in [-0.4, -0.2) is 28.2 Å². The predicted molar refractivity (Wildman–Crippen MR) is 127 cm³/mol. The average Bonchev–Trinajstić information content (AvgIpc) is 3.18. The van der Waals surface area contributed by atoms with Crippen molar-refractivity contribution < 1.29 is 13.9 Å². The molecule has 0 bridgehead atoms. The summed E-state index contributed by atoms with van der Waals surface area (Å²) in [6.45, 7) is 0.0691. The first kappa shape index (κ1) is 21.9. The Balaban J connectivity index is 1.60. The molecule has 0 aliphatic carbocycles. The lowest BCUT2D eigenvalue weighted by atomic mass is 10.2. The van der Waals surface area contributed by atoms with Crippen LogP contribution in [0, 0.1) is 10.6 Å². The second-order valence-corrected chi connectivity index (χ2v) is 7.93. The fourth-order valence-corrected chi connectivity index (χ4v) is 3.77. The molecule has 0 fully saturated rings. The number of aromatic nitrogens is 3. The number of hydrogen-bond donors (Lipinski definition) is 1. The zero-order valence-electron chi connectivity index (χ0n) is 17.0. The lowest BCUT2D eigenvalue weighted by Gasteiger charge is -2.14. The molecule has 0 aliphatic rings. The highest BCUT2D eigenvalue weighted by atomic mass is 79.9. The van der Waals surface area contributed by atoms with Gasteiger partial charge in [0, 0.05) is 11.1 Å². The lowest BCUT2D eigenvalue weighted by molar-refractivity contribution is 0.278. The maximum absolute atomic E-state index is 13.9. The van der Waals surface area contributed by atoms with Crippen LogP contribution in [0.2, 0.25) is 0 Å². The van der Waals surface area contributed by atoms with Crippen molar-refractivity contribution in [1.82, 2.24) is 14.9 Å². The van der Waals surface area contributed by atoms with Gasteiger partial charge in [-0.3, -0.25) is 0 Å². The van der Waals surface area contributed by atoms with Crippen LogP contribution in [0.3, 0.4) is 0 Å². The Kier molecular flexibility index (Phi) is 6.77. The van der Waals surface area contributed by atoms with E-state index in [0.29, 0.717) is 32.1 Å². The summed E-state index contributed by atoms with van der Waals surface area (Å²) in [5.41, 5.74) is 2.08. The fraction of sp³-hybridized carbons (Fsp3) is 0.0870. The van der Waals surface area contributed by atoms with Gasteiger partial charge in [-0.2, -0.15) is 14.9 Å². The van der Waals surface area contributed by atoms with E-state index in [2.05, 4.69) is 31.2 Å². The molecule has 0 spiro atoms. The van der Waals surface area contributed by atoms with Gasteiger partial charge in [0.2, 0.25) is 4.77 Å². The maximum Gasteiger partial charge on any atom is 0.216 e. The number of ether oxygens (including phenoxy) is 2. The number of benzene rings is 3. The Morgan fingerprint density at radius 1 is 1.16 bits per heavy atom. The molecule has 162 valence electrons. The van der Waals surface area contributed by atoms with Gasteiger partial charge in [-0.1, -0.05) is 48.5 Å². The van der Waals surface area contributed by atoms with E-state index in [-0.39, 0.29) is 12.4 Å². The smallest absolute Gasteiger partial charge is 0.216 e. The quantitative estimate of drug-likeness (QED) is 0.244. The summed E-state index contributed by atoms with van der Waals surface area (Å²) in [7, 11) is 1.54. The van der Waals surface area contributed by atoms with Gasteiger partial charge in [-0.15, -0.1) is 0 Å². The van der Waals surface area contributed by atoms with Crippen molar-refractivity contribution in [3.05, 3.63) is 92.9 Å². The van der Waals surface area contributed by atoms with Crippen LogP contribution in [0.1, 0.15) is 11.1 Å². The van der Waals surface area contributed by atoms with Crippen LogP contribution in [0.4, 0.5) is 4.39 Å². The molecule has 0 unspecified atom stereocenters. The highest BCUT2D eigenvalue weighted by Crippen LogP contribution is 2.37. The van der Waals surface area contributed by atoms with Crippen LogP contribution in [0.5, 0.6) is 11.5 Å². The largest absolute Gasteiger partial charge is 0.493 e. The van der Waals surface area contributed by atoms with Crippen LogP contribution in [0.25, 0.3) is 11.4 Å². The molecule has 9 heteroatoms. The monoisotopic (exact) mass is 512 g/mol. The molecule has 0 aliphatic heterocycles. The van der Waals surface area contributed by atoms with Crippen molar-refractivity contribution in [2.45, 2.75) is 6.61 Å². The van der Waals surface area contributed by atoms with Crippen molar-refractivity contribution in [3.63, 3.8) is 0 Å². The average molecular weight is 513 g/mol. The van der Waals surface area contributed by atoms with Crippen molar-refractivity contribution in [1.29, 1.82) is 0 Å². The van der Waals surface area contributed by atoms with Gasteiger partial charge in [0.1, 0.15) is 12.4 Å². The van der Waals surface area contributed by atoms with Gasteiger partial charge in [-0.05, 0) is 51.9 Å². The Labute approximate surface area is 197 Å². The molecule has 4 aromatic rings. The third-order valence-corrected chi connectivity index (χ3v) is 5.44. The van der Waals surface area contributed by atoms with E-state index in [1.807, 2.05) is 36.4 Å². The SMILES string of the molecule is COc1cc(/C=N\n2c(-c3ccccc3)n[nH]c2=S)cc(Br)c1OCc1ccccc1F. The van der Waals surface area contributed by atoms with Gasteiger partial charge >= 0.3 is 0 Å². The molecule has 1 aromatic heterocycles. The van der Waals surface area contributed by atoms with E-state index < -0.39 is 0 Å². The molecule has 3 aromatic carbocycles. The van der Waals surface area contributed by atoms with Gasteiger partial charge in [0.25, 0.3) is 0 Å². The van der Waals surface area contributed by atoms with Crippen LogP contribution in [-0.2, 0) is 6.61 Å². The zero-order valence-corrected chi connectivity index (χ0v) is 19.4. The summed E-state index contributed by atoms with van der Waals surface area (Å²) < 4.78 is 27.8. The van der Waals surface area contributed by atoms with Crippen molar-refractivity contribution in [3.8, 4) is 22.9 Å². The van der Waals surface area contributed by atoms with Crippen LogP contribution in [0.15, 0.2) is 76.3 Å². The van der Waals surface area contributed by atoms with Crippen LogP contribution < -0.4 is 9.47 Å². The standard InChI is InChI=1S/C23H18BrFN4O2S/c1-30-20-12-15(11-18(24)21(20)31-14-17-9-5-6-10-19(17)25)13-26-29-22(27-28-23(29)32)16-7-3-2-4-8-16/h2-13H,14H2,1H3,(H,28,32)/b26-13-. The molecule has 0 amide bonds. The fourth-order valence-electron chi connectivity index (χ4n) is 3.02. The van der Waals surface area contributed by atoms with E-state index in [4.69, 9.17) is 21.7 Å². The van der Waals surface area contributed by atoms with Crippen LogP contribution >= 0.6 is 28.1 Å². The summed E-state index contributed by atoms with van der Waals surface area (Å²) in [5, 5.41) is 11.5. The molecule has 0 saturated carbocycles. The van der Waals surface area contributed by atoms with E-state index in [1.165, 1.54) is 6.07 Å². The molecule has 0 atom stereocenters. The number of H-pyrrole nitrogens is 1. The third kappa shape index (κ3) is 4.79. The van der Waals surface area contributed by atoms with E-state index in [0.717, 1.165) is 11.1 Å². The summed E-state index contributed by atoms with van der Waals surface area (Å²) in [4.78, 5) is 0. The van der Waals surface area contributed by atoms with E-state index in [9.17, 15) is 4.39 Å². The summed E-state index contributed by atoms with van der Waals surface area (Å²) in [6.07, 6.45) is 1.64. The summed E-state index contributed by atoms with van der Waals surface area (Å²) in [6, 6.07) is 19.7. The Hall–Kier alpha value is -3.30. The van der Waals surface area contributed by atoms with Crippen molar-refractivity contribution >= 4 is 34.4 Å². The molecule has 4 rings (SSSR count). The number of nitrogens with one attached hydrogen (secondary N) is 1. The summed E-state index contributed by atoms with van der Waals surface area (Å²) in [5.74, 6) is 1.23. The molecule has 32 heavy (non-hydrogen) atoms. The summed E-state index contributed by atoms with van der Waals surface area (Å²) >= 11 is 8.83. The minimum absolute atomic E-state index is 0.0691. The first-order valence-electron chi connectivity index (χ1n) is 9.57. The minimum atomic E-state index is -0.322. The molecule has 0 saturated heterocycles. The van der Waals surface area contributed by atoms with Gasteiger partial charge in [0.15, 0.2) is 17.3 Å². The number of nitrogens with zero attached hydrogens (tertiary/aromatic N) is 3. The second-order valence-electron chi connectivity index (χ2n) is 6.69. The van der Waals surface area contributed by atoms with Crippen molar-refractivity contribution in [2.24, 2.45) is 5.10 Å². The van der Waals surface area contributed by atoms with Crippen molar-refractivity contribution in [2.75, 3.05) is 7.11 Å². The first-order valence-corrected chi connectivity index (χ1v) is 10.8. The predicted octanol–water partition coefficient (Wildman–Crippen LogP) is 5.98. The van der Waals surface area contributed by atoms with E-state index >= 15 is 0 Å². The number of hydrogen-bond acceptors (Lipinski definition) is 5. The van der Waals surface area contributed by atoms with Gasteiger partial charge < -0.3 is 9.47 Å². The molecule has 1 N–H and O–H groups in total. The number of rotatable bonds is 7. The molecular formula is C23H18BrFN4O2S. The molecule has 0 radical (unpaired) electrons.